The molecule has 0 aliphatic rings. The monoisotopic (exact) mass is 496 g/mol. The third-order valence-corrected chi connectivity index (χ3v) is 10.8. The first-order chi connectivity index (χ1) is 19.8. The molecule has 13 aromatic carbocycles. The average Bonchev–Trinajstić information content (AvgIpc) is 3.00. The zero-order valence-corrected chi connectivity index (χ0v) is 21.2. The van der Waals surface area contributed by atoms with E-state index in [1.165, 1.54) is 129 Å². The largest absolute Gasteiger partial charge is 0.0610 e. The van der Waals surface area contributed by atoms with Crippen LogP contribution in [0.3, 0.4) is 0 Å². The highest BCUT2D eigenvalue weighted by Gasteiger charge is 2.30. The summed E-state index contributed by atoms with van der Waals surface area (Å²) in [5.74, 6) is 0. The Hall–Kier alpha value is -5.20. The molecule has 0 amide bonds. The molecule has 0 heterocycles. The highest BCUT2D eigenvalue weighted by molar-refractivity contribution is 6.59. The maximum Gasteiger partial charge on any atom is -0.00000338 e. The maximum atomic E-state index is 2.45. The van der Waals surface area contributed by atoms with Crippen LogP contribution < -0.4 is 0 Å². The maximum absolute atomic E-state index is 2.45. The molecule has 0 nitrogen and oxygen atoms in total. The van der Waals surface area contributed by atoms with E-state index in [-0.39, 0.29) is 0 Å². The fourth-order valence-electron chi connectivity index (χ4n) is 9.52. The van der Waals surface area contributed by atoms with Gasteiger partial charge in [-0.05, 0) is 147 Å². The fourth-order valence-corrected chi connectivity index (χ4v) is 9.52. The molecule has 13 aromatic rings. The van der Waals surface area contributed by atoms with Gasteiger partial charge in [0, 0.05) is 0 Å². The zero-order valence-electron chi connectivity index (χ0n) is 21.2. The minimum Gasteiger partial charge on any atom is -0.0610 e. The molecule has 0 N–H and O–H groups in total. The second-order valence-corrected chi connectivity index (χ2v) is 12.3. The Morgan fingerprint density at radius 3 is 1.07 bits per heavy atom. The summed E-state index contributed by atoms with van der Waals surface area (Å²) >= 11 is 0. The van der Waals surface area contributed by atoms with Crippen LogP contribution in [0.5, 0.6) is 0 Å². The minimum absolute atomic E-state index is 1.35. The summed E-state index contributed by atoms with van der Waals surface area (Å²) in [6.45, 7) is 0. The van der Waals surface area contributed by atoms with Crippen LogP contribution >= 0.6 is 0 Å². The predicted octanol–water partition coefficient (Wildman–Crippen LogP) is 11.6. The van der Waals surface area contributed by atoms with Crippen LogP contribution in [0.1, 0.15) is 0 Å². The topological polar surface area (TPSA) is 0 Å². The van der Waals surface area contributed by atoms with E-state index in [1.807, 2.05) is 0 Å². The molecule has 0 saturated heterocycles. The van der Waals surface area contributed by atoms with E-state index in [1.54, 1.807) is 0 Å². The van der Waals surface area contributed by atoms with Gasteiger partial charge >= 0.3 is 0 Å². The van der Waals surface area contributed by atoms with Gasteiger partial charge in [-0.2, -0.15) is 0 Å². The van der Waals surface area contributed by atoms with E-state index >= 15 is 0 Å². The summed E-state index contributed by atoms with van der Waals surface area (Å²) in [6.07, 6.45) is 0. The minimum atomic E-state index is 1.35. The molecule has 0 aromatic heterocycles. The summed E-state index contributed by atoms with van der Waals surface area (Å²) in [5, 5.41) is 34.1. The standard InChI is InChI=1S/C40H16/c1-2-19-14-23-10-11-24-16-21-8-5-17-4-7-20-15-22-9-6-18-12-13-26-25(3-1)27(19)36-33(23)34(24)38-31(21)28(17)30(20)37-32(22)29(18)35(26)39(36)40(37)38/h1-16H. The van der Waals surface area contributed by atoms with Crippen LogP contribution in [0.25, 0.3) is 129 Å². The lowest BCUT2D eigenvalue weighted by Gasteiger charge is -2.28. The summed E-state index contributed by atoms with van der Waals surface area (Å²) in [4.78, 5) is 0. The third kappa shape index (κ3) is 1.56. The van der Waals surface area contributed by atoms with Crippen molar-refractivity contribution in [3.63, 3.8) is 0 Å². The molecule has 0 saturated carbocycles. The number of fused-ring (bicyclic) bond motifs is 1. The van der Waals surface area contributed by atoms with Crippen LogP contribution in [-0.4, -0.2) is 0 Å². The smallest absolute Gasteiger partial charge is 0.00000338 e. The molecule has 0 atom stereocenters. The summed E-state index contributed by atoms with van der Waals surface area (Å²) < 4.78 is 0. The van der Waals surface area contributed by atoms with Gasteiger partial charge < -0.3 is 0 Å². The van der Waals surface area contributed by atoms with Crippen LogP contribution in [0.15, 0.2) is 97.1 Å². The van der Waals surface area contributed by atoms with Gasteiger partial charge in [0.2, 0.25) is 0 Å². The van der Waals surface area contributed by atoms with Crippen molar-refractivity contribution < 1.29 is 0 Å². The number of hydrogen-bond donors (Lipinski definition) is 0. The normalized spacial score (nSPS) is 14.0. The van der Waals surface area contributed by atoms with Gasteiger partial charge in [-0.1, -0.05) is 78.9 Å². The van der Waals surface area contributed by atoms with E-state index in [9.17, 15) is 0 Å². The highest BCUT2D eigenvalue weighted by atomic mass is 14.3. The van der Waals surface area contributed by atoms with Crippen LogP contribution in [0, 0.1) is 0 Å². The molecule has 0 spiro atoms. The van der Waals surface area contributed by atoms with Crippen molar-refractivity contribution in [2.45, 2.75) is 0 Å². The van der Waals surface area contributed by atoms with E-state index in [0.29, 0.717) is 0 Å². The lowest BCUT2D eigenvalue weighted by molar-refractivity contribution is 1.82. The molecule has 0 fully saturated rings. The number of hydrogen-bond acceptors (Lipinski definition) is 0. The van der Waals surface area contributed by atoms with Gasteiger partial charge in [-0.25, -0.2) is 0 Å². The van der Waals surface area contributed by atoms with Crippen molar-refractivity contribution in [1.29, 1.82) is 0 Å². The Kier molecular flexibility index (Phi) is 2.41. The molecule has 40 heavy (non-hydrogen) atoms. The molecule has 0 radical (unpaired) electrons. The van der Waals surface area contributed by atoms with Crippen LogP contribution in [-0.2, 0) is 0 Å². The van der Waals surface area contributed by atoms with Crippen LogP contribution in [0.4, 0.5) is 0 Å². The predicted molar refractivity (Wildman–Crippen MR) is 175 cm³/mol. The first-order valence-electron chi connectivity index (χ1n) is 14.3. The van der Waals surface area contributed by atoms with E-state index in [2.05, 4.69) is 97.1 Å². The van der Waals surface area contributed by atoms with Gasteiger partial charge in [-0.15, -0.1) is 0 Å². The molecule has 13 rings (SSSR count). The van der Waals surface area contributed by atoms with E-state index in [4.69, 9.17) is 0 Å². The fraction of sp³-hybridized carbons (Fsp3) is 0. The molecule has 0 aliphatic heterocycles. The van der Waals surface area contributed by atoms with Crippen molar-refractivity contribution in [3.8, 4) is 0 Å². The second-order valence-electron chi connectivity index (χ2n) is 12.3. The number of rotatable bonds is 0. The van der Waals surface area contributed by atoms with Crippen molar-refractivity contribution in [1.82, 2.24) is 0 Å². The molecule has 0 heteroatoms. The van der Waals surface area contributed by atoms with Crippen molar-refractivity contribution in [3.05, 3.63) is 97.1 Å². The molecule has 176 valence electrons. The lowest BCUT2D eigenvalue weighted by atomic mass is 9.74. The first kappa shape index (κ1) is 18.2. The van der Waals surface area contributed by atoms with Crippen molar-refractivity contribution >= 4 is 129 Å². The van der Waals surface area contributed by atoms with Gasteiger partial charge in [0.1, 0.15) is 0 Å². The second kappa shape index (κ2) is 5.30. The molecule has 0 aliphatic carbocycles. The Balaban J connectivity index is 1.64. The SMILES string of the molecule is c1cc2cc3ccc4cc5ccc6ccc7cc8ccc9ccc%10c(c1)c2c1c3c4c2c5c6c7c3c8c9c%10c1c32. The summed E-state index contributed by atoms with van der Waals surface area (Å²) in [5.41, 5.74) is 0. The number of benzene rings is 13. The van der Waals surface area contributed by atoms with Gasteiger partial charge in [0.05, 0.1) is 0 Å². The van der Waals surface area contributed by atoms with Crippen LogP contribution in [0.2, 0.25) is 0 Å². The molecular formula is C40H16. The Morgan fingerprint density at radius 1 is 0.200 bits per heavy atom. The quantitative estimate of drug-likeness (QED) is 0.145. The molecule has 0 bridgehead atoms. The zero-order chi connectivity index (χ0) is 25.2. The van der Waals surface area contributed by atoms with Gasteiger partial charge in [-0.3, -0.25) is 0 Å². The Labute approximate surface area is 225 Å². The van der Waals surface area contributed by atoms with E-state index < -0.39 is 0 Å². The lowest BCUT2D eigenvalue weighted by Crippen LogP contribution is -1.99. The Bertz CT molecular complexity index is 3120. The highest BCUT2D eigenvalue weighted by Crippen LogP contribution is 2.59. The van der Waals surface area contributed by atoms with Gasteiger partial charge in [0.25, 0.3) is 0 Å². The summed E-state index contributed by atoms with van der Waals surface area (Å²) in [6, 6.07) is 37.9. The van der Waals surface area contributed by atoms with E-state index in [0.717, 1.165) is 0 Å². The average molecular weight is 497 g/mol. The Morgan fingerprint density at radius 2 is 0.525 bits per heavy atom. The summed E-state index contributed by atoms with van der Waals surface area (Å²) in [7, 11) is 0. The first-order valence-corrected chi connectivity index (χ1v) is 14.3. The van der Waals surface area contributed by atoms with Crippen molar-refractivity contribution in [2.24, 2.45) is 0 Å². The molecule has 0 unspecified atom stereocenters. The van der Waals surface area contributed by atoms with Crippen molar-refractivity contribution in [2.75, 3.05) is 0 Å². The van der Waals surface area contributed by atoms with Gasteiger partial charge in [0.15, 0.2) is 0 Å². The third-order valence-electron chi connectivity index (χ3n) is 10.8. The molecular weight excluding hydrogens is 480 g/mol.